The first-order valence-corrected chi connectivity index (χ1v) is 15.3. The molecule has 0 bridgehead atoms. The van der Waals surface area contributed by atoms with Crippen LogP contribution in [0.4, 0.5) is 13.2 Å². The molecule has 2 heterocycles. The van der Waals surface area contributed by atoms with Crippen LogP contribution in [0.25, 0.3) is 11.3 Å². The third-order valence-electron chi connectivity index (χ3n) is 7.90. The van der Waals surface area contributed by atoms with Gasteiger partial charge in [0.25, 0.3) is 5.91 Å². The van der Waals surface area contributed by atoms with Crippen LogP contribution < -0.4 is 9.50 Å². The lowest BCUT2D eigenvalue weighted by atomic mass is 9.85. The van der Waals surface area contributed by atoms with E-state index in [0.29, 0.717) is 35.8 Å². The Labute approximate surface area is 234 Å². The van der Waals surface area contributed by atoms with E-state index in [1.807, 2.05) is 13.0 Å². The summed E-state index contributed by atoms with van der Waals surface area (Å²) in [7, 11) is -5.83. The van der Waals surface area contributed by atoms with Gasteiger partial charge >= 0.3 is 15.6 Å². The molecule has 0 spiro atoms. The lowest BCUT2D eigenvalue weighted by molar-refractivity contribution is -0.0500. The van der Waals surface area contributed by atoms with Crippen molar-refractivity contribution in [2.24, 2.45) is 5.92 Å². The third-order valence-corrected chi connectivity index (χ3v) is 8.87. The summed E-state index contributed by atoms with van der Waals surface area (Å²) in [6.45, 7) is 9.17. The minimum absolute atomic E-state index is 0.0327. The molecule has 222 valence electrons. The second-order valence-electron chi connectivity index (χ2n) is 11.9. The van der Waals surface area contributed by atoms with E-state index in [2.05, 4.69) is 14.1 Å². The highest BCUT2D eigenvalue weighted by Crippen LogP contribution is 2.39. The van der Waals surface area contributed by atoms with Crippen LogP contribution in [0.2, 0.25) is 0 Å². The van der Waals surface area contributed by atoms with Crippen molar-refractivity contribution in [3.05, 3.63) is 41.1 Å². The smallest absolute Gasteiger partial charge is 0.381 e. The van der Waals surface area contributed by atoms with Gasteiger partial charge in [0.1, 0.15) is 5.75 Å². The molecule has 40 heavy (non-hydrogen) atoms. The van der Waals surface area contributed by atoms with Crippen LogP contribution in [-0.4, -0.2) is 43.7 Å². The maximum Gasteiger partial charge on any atom is 0.534 e. The topological polar surface area (TPSA) is 86.6 Å². The number of nitrogens with zero attached hydrogens (tertiary/aromatic N) is 1. The molecule has 1 aliphatic carbocycles. The van der Waals surface area contributed by atoms with E-state index < -0.39 is 21.0 Å². The standard InChI is InChI=1S/C29H39F3N2O5S/c1-19-23(27(35)33-22-12-14-38-15-13-22)17-25(34(19)18-20-8-6-5-7-9-20)21-10-11-26(24(16-21)28(2,3)4)39-40(36,37)29(30,31)32/h10-11,16-17,20,22H,5-9,12-15,18H2,1-4H3,(H,33,35). The van der Waals surface area contributed by atoms with E-state index in [1.165, 1.54) is 12.5 Å². The van der Waals surface area contributed by atoms with Crippen molar-refractivity contribution >= 4 is 16.0 Å². The molecule has 4 rings (SSSR count). The molecular weight excluding hydrogens is 545 g/mol. The molecule has 7 nitrogen and oxygen atoms in total. The maximum absolute atomic E-state index is 13.4. The summed E-state index contributed by atoms with van der Waals surface area (Å²) in [5.74, 6) is -0.0832. The number of halogens is 3. The molecule has 0 unspecified atom stereocenters. The fourth-order valence-electron chi connectivity index (χ4n) is 5.60. The van der Waals surface area contributed by atoms with Gasteiger partial charge in [0.05, 0.1) is 5.56 Å². The molecule has 1 N–H and O–H groups in total. The van der Waals surface area contributed by atoms with E-state index >= 15 is 0 Å². The van der Waals surface area contributed by atoms with Crippen molar-refractivity contribution in [2.45, 2.75) is 96.2 Å². The molecular formula is C29H39F3N2O5S. The molecule has 1 aromatic heterocycles. The Morgan fingerprint density at radius 1 is 1.05 bits per heavy atom. The van der Waals surface area contributed by atoms with Gasteiger partial charge in [-0.05, 0) is 73.8 Å². The van der Waals surface area contributed by atoms with Crippen molar-refractivity contribution in [3.8, 4) is 17.0 Å². The predicted molar refractivity (Wildman–Crippen MR) is 147 cm³/mol. The quantitative estimate of drug-likeness (QED) is 0.298. The highest BCUT2D eigenvalue weighted by Gasteiger charge is 2.49. The molecule has 0 radical (unpaired) electrons. The molecule has 2 fully saturated rings. The number of rotatable bonds is 7. The normalized spacial score (nSPS) is 18.1. The minimum atomic E-state index is -5.83. The van der Waals surface area contributed by atoms with Gasteiger partial charge in [0.15, 0.2) is 0 Å². The Morgan fingerprint density at radius 3 is 2.30 bits per heavy atom. The lowest BCUT2D eigenvalue weighted by Gasteiger charge is -2.26. The number of ether oxygens (including phenoxy) is 1. The number of hydrogen-bond acceptors (Lipinski definition) is 5. The zero-order valence-electron chi connectivity index (χ0n) is 23.6. The Morgan fingerprint density at radius 2 is 1.70 bits per heavy atom. The monoisotopic (exact) mass is 584 g/mol. The van der Waals surface area contributed by atoms with Gasteiger partial charge in [-0.3, -0.25) is 4.79 Å². The van der Waals surface area contributed by atoms with Crippen molar-refractivity contribution in [1.29, 1.82) is 0 Å². The average Bonchev–Trinajstić information content (AvgIpc) is 3.20. The number of alkyl halides is 3. The van der Waals surface area contributed by atoms with Gasteiger partial charge < -0.3 is 18.8 Å². The molecule has 1 aromatic carbocycles. The molecule has 1 saturated heterocycles. The van der Waals surface area contributed by atoms with Gasteiger partial charge in [-0.25, -0.2) is 0 Å². The summed E-state index contributed by atoms with van der Waals surface area (Å²) < 4.78 is 75.0. The van der Waals surface area contributed by atoms with Gasteiger partial charge in [-0.15, -0.1) is 0 Å². The molecule has 1 saturated carbocycles. The summed E-state index contributed by atoms with van der Waals surface area (Å²) >= 11 is 0. The summed E-state index contributed by atoms with van der Waals surface area (Å²) in [5, 5.41) is 3.13. The Balaban J connectivity index is 1.76. The predicted octanol–water partition coefficient (Wildman–Crippen LogP) is 6.48. The van der Waals surface area contributed by atoms with Crippen molar-refractivity contribution < 1.29 is 35.3 Å². The van der Waals surface area contributed by atoms with Crippen LogP contribution in [0, 0.1) is 12.8 Å². The minimum Gasteiger partial charge on any atom is -0.381 e. The second kappa shape index (κ2) is 11.8. The zero-order chi connectivity index (χ0) is 29.3. The number of benzene rings is 1. The second-order valence-corrected chi connectivity index (χ2v) is 13.5. The van der Waals surface area contributed by atoms with Gasteiger partial charge in [-0.1, -0.05) is 40.0 Å². The first kappa shape index (κ1) is 30.4. The molecule has 0 atom stereocenters. The molecule has 1 aliphatic heterocycles. The van der Waals surface area contributed by atoms with Crippen molar-refractivity contribution in [3.63, 3.8) is 0 Å². The molecule has 2 aliphatic rings. The number of carbonyl (C=O) groups excluding carboxylic acids is 1. The first-order chi connectivity index (χ1) is 18.7. The third kappa shape index (κ3) is 6.84. The SMILES string of the molecule is Cc1c(C(=O)NC2CCOCC2)cc(-c2ccc(OS(=O)(=O)C(F)(F)F)c(C(C)(C)C)c2)n1CC1CCCCC1. The fourth-order valence-corrected chi connectivity index (χ4v) is 6.07. The number of carbonyl (C=O) groups is 1. The zero-order valence-corrected chi connectivity index (χ0v) is 24.4. The molecule has 2 aromatic rings. The molecule has 11 heteroatoms. The first-order valence-electron chi connectivity index (χ1n) is 13.9. The van der Waals surface area contributed by atoms with Crippen molar-refractivity contribution in [1.82, 2.24) is 9.88 Å². The summed E-state index contributed by atoms with van der Waals surface area (Å²) in [6, 6.07) is 6.37. The van der Waals surface area contributed by atoms with Crippen LogP contribution >= 0.6 is 0 Å². The van der Waals surface area contributed by atoms with E-state index in [1.54, 1.807) is 32.9 Å². The largest absolute Gasteiger partial charge is 0.534 e. The number of hydrogen-bond donors (Lipinski definition) is 1. The number of amides is 1. The van der Waals surface area contributed by atoms with Crippen molar-refractivity contribution in [2.75, 3.05) is 13.2 Å². The maximum atomic E-state index is 13.4. The van der Waals surface area contributed by atoms with Crippen LogP contribution in [-0.2, 0) is 26.8 Å². The number of aromatic nitrogens is 1. The average molecular weight is 585 g/mol. The molecule has 1 amide bonds. The van der Waals surface area contributed by atoms with E-state index in [9.17, 15) is 26.4 Å². The van der Waals surface area contributed by atoms with Crippen LogP contribution in [0.15, 0.2) is 24.3 Å². The van der Waals surface area contributed by atoms with Crippen LogP contribution in [0.3, 0.4) is 0 Å². The fraction of sp³-hybridized carbons (Fsp3) is 0.621. The number of nitrogens with one attached hydrogen (secondary N) is 1. The Bertz CT molecular complexity index is 1320. The van der Waals surface area contributed by atoms with Gasteiger partial charge in [0.2, 0.25) is 0 Å². The van der Waals surface area contributed by atoms with E-state index in [0.717, 1.165) is 56.5 Å². The Hall–Kier alpha value is -2.53. The van der Waals surface area contributed by atoms with Crippen LogP contribution in [0.5, 0.6) is 5.75 Å². The van der Waals surface area contributed by atoms with Gasteiger partial charge in [-0.2, -0.15) is 21.6 Å². The lowest BCUT2D eigenvalue weighted by Crippen LogP contribution is -2.39. The highest BCUT2D eigenvalue weighted by atomic mass is 32.2. The van der Waals surface area contributed by atoms with E-state index in [-0.39, 0.29) is 17.7 Å². The highest BCUT2D eigenvalue weighted by molar-refractivity contribution is 7.88. The summed E-state index contributed by atoms with van der Waals surface area (Å²) in [4.78, 5) is 13.4. The summed E-state index contributed by atoms with van der Waals surface area (Å²) in [5.41, 5.74) is -3.15. The van der Waals surface area contributed by atoms with Crippen LogP contribution in [0.1, 0.15) is 87.3 Å². The summed E-state index contributed by atoms with van der Waals surface area (Å²) in [6.07, 6.45) is 7.21. The Kier molecular flexibility index (Phi) is 8.94. The van der Waals surface area contributed by atoms with Gasteiger partial charge in [0, 0.05) is 42.8 Å². The van der Waals surface area contributed by atoms with E-state index in [4.69, 9.17) is 4.74 Å².